The second-order valence-corrected chi connectivity index (χ2v) is 4.95. The molecule has 5 nitrogen and oxygen atoms in total. The number of benzene rings is 2. The molecule has 0 aliphatic carbocycles. The number of ether oxygens (including phenoxy) is 1. The fourth-order valence-electron chi connectivity index (χ4n) is 1.71. The predicted octanol–water partition coefficient (Wildman–Crippen LogP) is 3.70. The normalized spacial score (nSPS) is 9.91. The Morgan fingerprint density at radius 2 is 1.86 bits per heavy atom. The second kappa shape index (κ2) is 7.47. The number of carbonyl (C=O) groups is 2. The maximum Gasteiger partial charge on any atom is 0.321 e. The number of nitrogens with one attached hydrogen (secondary N) is 2. The van der Waals surface area contributed by atoms with Crippen LogP contribution in [-0.2, 0) is 0 Å². The summed E-state index contributed by atoms with van der Waals surface area (Å²) in [5.41, 5.74) is 1.08. The van der Waals surface area contributed by atoms with Crippen LogP contribution in [0.3, 0.4) is 0 Å². The molecular formula is C16H15ClN2O3. The zero-order valence-electron chi connectivity index (χ0n) is 11.9. The first-order valence-corrected chi connectivity index (χ1v) is 6.96. The van der Waals surface area contributed by atoms with Gasteiger partial charge in [-0.3, -0.25) is 4.79 Å². The number of amides is 2. The summed E-state index contributed by atoms with van der Waals surface area (Å²) in [6.45, 7) is 1.49. The average molecular weight is 319 g/mol. The van der Waals surface area contributed by atoms with Gasteiger partial charge in [0.1, 0.15) is 5.75 Å². The maximum atomic E-state index is 11.7. The van der Waals surface area contributed by atoms with Gasteiger partial charge in [-0.15, -0.1) is 0 Å². The van der Waals surface area contributed by atoms with E-state index in [9.17, 15) is 9.59 Å². The van der Waals surface area contributed by atoms with Crippen molar-refractivity contribution in [2.24, 2.45) is 0 Å². The minimum atomic E-state index is -0.422. The van der Waals surface area contributed by atoms with Crippen molar-refractivity contribution in [2.45, 2.75) is 6.92 Å². The van der Waals surface area contributed by atoms with E-state index in [0.29, 0.717) is 22.0 Å². The largest absolute Gasteiger partial charge is 0.473 e. The molecule has 0 saturated heterocycles. The predicted molar refractivity (Wildman–Crippen MR) is 85.5 cm³/mol. The van der Waals surface area contributed by atoms with Gasteiger partial charge in [0, 0.05) is 16.3 Å². The topological polar surface area (TPSA) is 67.4 Å². The minimum absolute atomic E-state index is 0.0138. The van der Waals surface area contributed by atoms with Crippen LogP contribution in [0.4, 0.5) is 10.5 Å². The number of carbonyl (C=O) groups excluding carboxylic acids is 2. The molecule has 2 amide bonds. The van der Waals surface area contributed by atoms with Gasteiger partial charge in [-0.25, -0.2) is 4.79 Å². The minimum Gasteiger partial charge on any atom is -0.473 e. The fraction of sp³-hybridized carbons (Fsp3) is 0.125. The van der Waals surface area contributed by atoms with E-state index in [0.717, 1.165) is 0 Å². The molecule has 2 aromatic rings. The van der Waals surface area contributed by atoms with E-state index in [1.165, 1.54) is 6.92 Å². The number of hydrogen-bond acceptors (Lipinski definition) is 3. The summed E-state index contributed by atoms with van der Waals surface area (Å²) in [7, 11) is 0. The Labute approximate surface area is 133 Å². The zero-order chi connectivity index (χ0) is 15.9. The molecule has 0 spiro atoms. The molecule has 22 heavy (non-hydrogen) atoms. The quantitative estimate of drug-likeness (QED) is 0.652. The van der Waals surface area contributed by atoms with Crippen LogP contribution >= 0.6 is 11.6 Å². The van der Waals surface area contributed by atoms with Crippen molar-refractivity contribution in [3.8, 4) is 5.75 Å². The van der Waals surface area contributed by atoms with E-state index in [1.54, 1.807) is 48.5 Å². The second-order valence-electron chi connectivity index (χ2n) is 4.51. The third-order valence-corrected chi connectivity index (χ3v) is 3.06. The molecule has 0 atom stereocenters. The lowest BCUT2D eigenvalue weighted by Gasteiger charge is -2.10. The summed E-state index contributed by atoms with van der Waals surface area (Å²) in [6, 6.07) is 13.1. The Balaban J connectivity index is 1.81. The lowest BCUT2D eigenvalue weighted by atomic mass is 10.1. The average Bonchev–Trinajstić information content (AvgIpc) is 2.49. The summed E-state index contributed by atoms with van der Waals surface area (Å²) >= 11 is 5.76. The van der Waals surface area contributed by atoms with Crippen LogP contribution in [-0.4, -0.2) is 18.5 Å². The maximum absolute atomic E-state index is 11.7. The molecule has 0 heterocycles. The van der Waals surface area contributed by atoms with Crippen molar-refractivity contribution < 1.29 is 14.3 Å². The van der Waals surface area contributed by atoms with E-state index < -0.39 is 6.03 Å². The van der Waals surface area contributed by atoms with Gasteiger partial charge >= 0.3 is 6.03 Å². The Hall–Kier alpha value is -2.53. The third kappa shape index (κ3) is 4.79. The van der Waals surface area contributed by atoms with Gasteiger partial charge in [-0.2, -0.15) is 0 Å². The Morgan fingerprint density at radius 1 is 1.14 bits per heavy atom. The molecule has 0 unspecified atom stereocenters. The highest BCUT2D eigenvalue weighted by molar-refractivity contribution is 6.30. The van der Waals surface area contributed by atoms with Crippen LogP contribution in [0.5, 0.6) is 5.75 Å². The van der Waals surface area contributed by atoms with Crippen molar-refractivity contribution in [1.82, 2.24) is 5.32 Å². The molecule has 2 rings (SSSR count). The monoisotopic (exact) mass is 318 g/mol. The molecule has 0 saturated carbocycles. The summed E-state index contributed by atoms with van der Waals surface area (Å²) in [6.07, 6.45) is 0. The number of halogens is 1. The number of rotatable bonds is 5. The molecule has 0 aromatic heterocycles. The third-order valence-electron chi connectivity index (χ3n) is 2.81. The van der Waals surface area contributed by atoms with Crippen molar-refractivity contribution in [3.63, 3.8) is 0 Å². The highest BCUT2D eigenvalue weighted by Gasteiger charge is 2.04. The molecule has 0 aliphatic heterocycles. The van der Waals surface area contributed by atoms with E-state index in [2.05, 4.69) is 10.6 Å². The van der Waals surface area contributed by atoms with Gasteiger partial charge in [0.2, 0.25) is 0 Å². The van der Waals surface area contributed by atoms with Gasteiger partial charge in [-0.1, -0.05) is 23.7 Å². The highest BCUT2D eigenvalue weighted by Crippen LogP contribution is 2.15. The summed E-state index contributed by atoms with van der Waals surface area (Å²) < 4.78 is 5.35. The number of urea groups is 1. The number of Topliss-reactive ketones (excluding diaryl/α,β-unsaturated/α-hetero) is 1. The molecule has 2 aromatic carbocycles. The number of anilines is 1. The van der Waals surface area contributed by atoms with Gasteiger partial charge in [0.15, 0.2) is 12.5 Å². The lowest BCUT2D eigenvalue weighted by molar-refractivity contribution is 0.101. The van der Waals surface area contributed by atoms with Crippen molar-refractivity contribution in [2.75, 3.05) is 12.0 Å². The first kappa shape index (κ1) is 15.9. The summed E-state index contributed by atoms with van der Waals surface area (Å²) in [5.74, 6) is 0.540. The molecule has 6 heteroatoms. The van der Waals surface area contributed by atoms with E-state index in [4.69, 9.17) is 16.3 Å². The fourth-order valence-corrected chi connectivity index (χ4v) is 1.83. The van der Waals surface area contributed by atoms with Crippen LogP contribution in [0, 0.1) is 0 Å². The SMILES string of the molecule is CC(=O)c1cccc(NC(=O)NCOc2ccc(Cl)cc2)c1. The van der Waals surface area contributed by atoms with Crippen LogP contribution in [0.15, 0.2) is 48.5 Å². The smallest absolute Gasteiger partial charge is 0.321 e. The summed E-state index contributed by atoms with van der Waals surface area (Å²) in [5, 5.41) is 5.80. The van der Waals surface area contributed by atoms with E-state index in [-0.39, 0.29) is 12.5 Å². The molecule has 0 radical (unpaired) electrons. The molecule has 0 aliphatic rings. The highest BCUT2D eigenvalue weighted by atomic mass is 35.5. The molecular weight excluding hydrogens is 304 g/mol. The van der Waals surface area contributed by atoms with Crippen LogP contribution < -0.4 is 15.4 Å². The Bertz CT molecular complexity index is 671. The van der Waals surface area contributed by atoms with Crippen LogP contribution in [0.25, 0.3) is 0 Å². The van der Waals surface area contributed by atoms with E-state index in [1.807, 2.05) is 0 Å². The first-order valence-electron chi connectivity index (χ1n) is 6.59. The van der Waals surface area contributed by atoms with Crippen LogP contribution in [0.2, 0.25) is 5.02 Å². The molecule has 0 fully saturated rings. The molecule has 2 N–H and O–H groups in total. The van der Waals surface area contributed by atoms with Crippen molar-refractivity contribution in [1.29, 1.82) is 0 Å². The lowest BCUT2D eigenvalue weighted by Crippen LogP contribution is -2.32. The standard InChI is InChI=1S/C16H15ClN2O3/c1-11(20)12-3-2-4-14(9-12)19-16(21)18-10-22-15-7-5-13(17)6-8-15/h2-9H,10H2,1H3,(H2,18,19,21). The van der Waals surface area contributed by atoms with E-state index >= 15 is 0 Å². The number of ketones is 1. The van der Waals surface area contributed by atoms with Crippen LogP contribution in [0.1, 0.15) is 17.3 Å². The first-order chi connectivity index (χ1) is 10.5. The van der Waals surface area contributed by atoms with Gasteiger partial charge in [0.05, 0.1) is 0 Å². The molecule has 114 valence electrons. The Kier molecular flexibility index (Phi) is 5.38. The number of hydrogen-bond donors (Lipinski definition) is 2. The molecule has 0 bridgehead atoms. The van der Waals surface area contributed by atoms with Crippen molar-refractivity contribution >= 4 is 29.1 Å². The Morgan fingerprint density at radius 3 is 2.55 bits per heavy atom. The van der Waals surface area contributed by atoms with Gasteiger partial charge < -0.3 is 15.4 Å². The van der Waals surface area contributed by atoms with Gasteiger partial charge in [-0.05, 0) is 43.3 Å². The van der Waals surface area contributed by atoms with Gasteiger partial charge in [0.25, 0.3) is 0 Å². The summed E-state index contributed by atoms with van der Waals surface area (Å²) in [4.78, 5) is 23.0. The van der Waals surface area contributed by atoms with Crippen molar-refractivity contribution in [3.05, 3.63) is 59.1 Å². The zero-order valence-corrected chi connectivity index (χ0v) is 12.7.